The molecule has 2 heterocycles. The number of aromatic nitrogens is 2. The summed E-state index contributed by atoms with van der Waals surface area (Å²) in [7, 11) is 0. The Kier molecular flexibility index (Phi) is 4.55. The van der Waals surface area contributed by atoms with E-state index in [9.17, 15) is 14.4 Å². The summed E-state index contributed by atoms with van der Waals surface area (Å²) in [6.07, 6.45) is 2.53. The second-order valence-corrected chi connectivity index (χ2v) is 6.18. The SMILES string of the molecule is CC[C@H](C(=O)N1CCCC1)n1c(=O)n(CC)c(=O)c2ccccc21. The Bertz CT molecular complexity index is 875. The van der Waals surface area contributed by atoms with Crippen LogP contribution in [0.25, 0.3) is 10.9 Å². The van der Waals surface area contributed by atoms with Crippen molar-refractivity contribution in [2.75, 3.05) is 13.1 Å². The van der Waals surface area contributed by atoms with E-state index >= 15 is 0 Å². The van der Waals surface area contributed by atoms with Crippen molar-refractivity contribution in [3.8, 4) is 0 Å². The summed E-state index contributed by atoms with van der Waals surface area (Å²) in [6, 6.07) is 6.46. The predicted molar refractivity (Wildman–Crippen MR) is 93.3 cm³/mol. The number of hydrogen-bond donors (Lipinski definition) is 0. The maximum atomic E-state index is 12.9. The van der Waals surface area contributed by atoms with E-state index < -0.39 is 11.7 Å². The van der Waals surface area contributed by atoms with Crippen LogP contribution in [0.5, 0.6) is 0 Å². The van der Waals surface area contributed by atoms with E-state index in [1.54, 1.807) is 31.2 Å². The molecule has 0 aliphatic carbocycles. The molecule has 0 radical (unpaired) electrons. The van der Waals surface area contributed by atoms with Crippen LogP contribution >= 0.6 is 0 Å². The van der Waals surface area contributed by atoms with Gasteiger partial charge in [0.2, 0.25) is 5.91 Å². The van der Waals surface area contributed by atoms with Crippen molar-refractivity contribution < 1.29 is 4.79 Å². The molecule has 1 atom stereocenters. The Morgan fingerprint density at radius 1 is 1.12 bits per heavy atom. The number of amides is 1. The van der Waals surface area contributed by atoms with Gasteiger partial charge in [-0.2, -0.15) is 0 Å². The largest absolute Gasteiger partial charge is 0.341 e. The van der Waals surface area contributed by atoms with Gasteiger partial charge in [-0.3, -0.25) is 18.7 Å². The fourth-order valence-corrected chi connectivity index (χ4v) is 3.53. The molecule has 0 saturated carbocycles. The van der Waals surface area contributed by atoms with Crippen LogP contribution in [0.15, 0.2) is 33.9 Å². The van der Waals surface area contributed by atoms with E-state index in [0.717, 1.165) is 25.9 Å². The first-order chi connectivity index (χ1) is 11.6. The summed E-state index contributed by atoms with van der Waals surface area (Å²) < 4.78 is 2.73. The van der Waals surface area contributed by atoms with E-state index in [2.05, 4.69) is 0 Å². The molecule has 0 bridgehead atoms. The standard InChI is InChI=1S/C18H23N3O3/c1-3-14(17(23)19-11-7-8-12-19)21-15-10-6-5-9-13(15)16(22)20(4-2)18(21)24/h5-6,9-10,14H,3-4,7-8,11-12H2,1-2H3/t14-/m1/s1. The lowest BCUT2D eigenvalue weighted by atomic mass is 10.1. The number of likely N-dealkylation sites (tertiary alicyclic amines) is 1. The molecule has 1 aliphatic rings. The molecule has 1 aromatic carbocycles. The lowest BCUT2D eigenvalue weighted by Crippen LogP contribution is -2.45. The molecule has 24 heavy (non-hydrogen) atoms. The van der Waals surface area contributed by atoms with Crippen molar-refractivity contribution in [1.82, 2.24) is 14.0 Å². The van der Waals surface area contributed by atoms with Crippen LogP contribution < -0.4 is 11.2 Å². The van der Waals surface area contributed by atoms with Crippen LogP contribution in [0.1, 0.15) is 39.2 Å². The molecule has 1 saturated heterocycles. The summed E-state index contributed by atoms with van der Waals surface area (Å²) >= 11 is 0. The number of hydrogen-bond acceptors (Lipinski definition) is 3. The minimum atomic E-state index is -0.570. The molecule has 1 amide bonds. The molecule has 0 unspecified atom stereocenters. The maximum absolute atomic E-state index is 12.9. The number of carbonyl (C=O) groups is 1. The number of carbonyl (C=O) groups excluding carboxylic acids is 1. The van der Waals surface area contributed by atoms with Gasteiger partial charge in [-0.05, 0) is 38.3 Å². The second-order valence-electron chi connectivity index (χ2n) is 6.18. The highest BCUT2D eigenvalue weighted by Gasteiger charge is 2.29. The molecule has 1 aliphatic heterocycles. The molecule has 128 valence electrons. The lowest BCUT2D eigenvalue weighted by Gasteiger charge is -2.25. The normalized spacial score (nSPS) is 15.8. The van der Waals surface area contributed by atoms with Gasteiger partial charge in [0.05, 0.1) is 10.9 Å². The number of benzene rings is 1. The number of para-hydroxylation sites is 1. The van der Waals surface area contributed by atoms with Gasteiger partial charge in [0.15, 0.2) is 0 Å². The zero-order chi connectivity index (χ0) is 17.3. The third-order valence-electron chi connectivity index (χ3n) is 4.79. The highest BCUT2D eigenvalue weighted by Crippen LogP contribution is 2.21. The van der Waals surface area contributed by atoms with Crippen molar-refractivity contribution in [2.45, 2.75) is 45.7 Å². The van der Waals surface area contributed by atoms with Crippen LogP contribution in [0.4, 0.5) is 0 Å². The summed E-state index contributed by atoms with van der Waals surface area (Å²) in [5, 5.41) is 0.478. The van der Waals surface area contributed by atoms with Crippen molar-refractivity contribution in [2.24, 2.45) is 0 Å². The molecule has 6 heteroatoms. The van der Waals surface area contributed by atoms with E-state index in [4.69, 9.17) is 0 Å². The second kappa shape index (κ2) is 6.63. The van der Waals surface area contributed by atoms with Crippen molar-refractivity contribution in [3.63, 3.8) is 0 Å². The van der Waals surface area contributed by atoms with Gasteiger partial charge in [-0.25, -0.2) is 4.79 Å². The molecule has 3 rings (SSSR count). The number of rotatable bonds is 4. The highest BCUT2D eigenvalue weighted by atomic mass is 16.2. The average Bonchev–Trinajstić information content (AvgIpc) is 3.13. The van der Waals surface area contributed by atoms with Gasteiger partial charge < -0.3 is 4.90 Å². The monoisotopic (exact) mass is 329 g/mol. The first-order valence-electron chi connectivity index (χ1n) is 8.63. The first kappa shape index (κ1) is 16.5. The van der Waals surface area contributed by atoms with Gasteiger partial charge in [-0.1, -0.05) is 19.1 Å². The van der Waals surface area contributed by atoms with Gasteiger partial charge in [-0.15, -0.1) is 0 Å². The van der Waals surface area contributed by atoms with E-state index in [1.807, 2.05) is 11.8 Å². The summed E-state index contributed by atoms with van der Waals surface area (Å²) in [6.45, 7) is 5.45. The third-order valence-corrected chi connectivity index (χ3v) is 4.79. The van der Waals surface area contributed by atoms with Gasteiger partial charge in [0, 0.05) is 19.6 Å². The minimum Gasteiger partial charge on any atom is -0.341 e. The van der Waals surface area contributed by atoms with Gasteiger partial charge in [0.25, 0.3) is 5.56 Å². The molecule has 1 aromatic heterocycles. The first-order valence-corrected chi connectivity index (χ1v) is 8.63. The highest BCUT2D eigenvalue weighted by molar-refractivity contribution is 5.84. The Balaban J connectivity index is 2.25. The number of fused-ring (bicyclic) bond motifs is 1. The summed E-state index contributed by atoms with van der Waals surface area (Å²) in [5.74, 6) is -0.0245. The van der Waals surface area contributed by atoms with E-state index in [-0.39, 0.29) is 18.0 Å². The average molecular weight is 329 g/mol. The molecular weight excluding hydrogens is 306 g/mol. The third kappa shape index (κ3) is 2.56. The Morgan fingerprint density at radius 3 is 2.42 bits per heavy atom. The van der Waals surface area contributed by atoms with Crippen LogP contribution in [0.3, 0.4) is 0 Å². The fraction of sp³-hybridized carbons (Fsp3) is 0.500. The number of nitrogens with zero attached hydrogens (tertiary/aromatic N) is 3. The quantitative estimate of drug-likeness (QED) is 0.858. The summed E-state index contributed by atoms with van der Waals surface area (Å²) in [5.41, 5.74) is -0.157. The molecule has 2 aromatic rings. The molecule has 1 fully saturated rings. The smallest absolute Gasteiger partial charge is 0.332 e. The topological polar surface area (TPSA) is 64.3 Å². The van der Waals surface area contributed by atoms with Crippen LogP contribution in [0.2, 0.25) is 0 Å². The molecule has 6 nitrogen and oxygen atoms in total. The maximum Gasteiger partial charge on any atom is 0.332 e. The summed E-state index contributed by atoms with van der Waals surface area (Å²) in [4.78, 5) is 40.2. The van der Waals surface area contributed by atoms with E-state index in [0.29, 0.717) is 17.3 Å². The molecule has 0 spiro atoms. The zero-order valence-corrected chi connectivity index (χ0v) is 14.2. The van der Waals surface area contributed by atoms with Crippen LogP contribution in [0, 0.1) is 0 Å². The Hall–Kier alpha value is -2.37. The lowest BCUT2D eigenvalue weighted by molar-refractivity contribution is -0.133. The predicted octanol–water partition coefficient (Wildman–Crippen LogP) is 1.76. The van der Waals surface area contributed by atoms with Crippen LogP contribution in [-0.2, 0) is 11.3 Å². The Morgan fingerprint density at radius 2 is 1.79 bits per heavy atom. The van der Waals surface area contributed by atoms with Crippen LogP contribution in [-0.4, -0.2) is 33.0 Å². The zero-order valence-electron chi connectivity index (χ0n) is 14.2. The Labute approximate surface area is 140 Å². The molecular formula is C18H23N3O3. The minimum absolute atomic E-state index is 0.0245. The fourth-order valence-electron chi connectivity index (χ4n) is 3.53. The molecule has 0 N–H and O–H groups in total. The van der Waals surface area contributed by atoms with Crippen molar-refractivity contribution >= 4 is 16.8 Å². The van der Waals surface area contributed by atoms with E-state index in [1.165, 1.54) is 9.13 Å². The van der Waals surface area contributed by atoms with Crippen molar-refractivity contribution in [3.05, 3.63) is 45.1 Å². The van der Waals surface area contributed by atoms with Gasteiger partial charge >= 0.3 is 5.69 Å². The van der Waals surface area contributed by atoms with Crippen molar-refractivity contribution in [1.29, 1.82) is 0 Å². The van der Waals surface area contributed by atoms with Gasteiger partial charge in [0.1, 0.15) is 6.04 Å².